The monoisotopic (exact) mass is 285 g/mol. The molecule has 112 valence electrons. The van der Waals surface area contributed by atoms with E-state index in [9.17, 15) is 0 Å². The van der Waals surface area contributed by atoms with E-state index in [1.165, 1.54) is 0 Å². The van der Waals surface area contributed by atoms with Crippen molar-refractivity contribution >= 4 is 5.95 Å². The minimum Gasteiger partial charge on any atom is -0.335 e. The number of nitrogens with zero attached hydrogens (tertiary/aromatic N) is 4. The molecule has 5 nitrogen and oxygen atoms in total. The van der Waals surface area contributed by atoms with E-state index < -0.39 is 0 Å². The Bertz CT molecular complexity index is 526. The molecule has 1 atom stereocenters. The lowest BCUT2D eigenvalue weighted by Crippen LogP contribution is -2.25. The molecule has 5 heteroatoms. The van der Waals surface area contributed by atoms with Crippen LogP contribution in [0.25, 0.3) is 0 Å². The first-order chi connectivity index (χ1) is 10.2. The van der Waals surface area contributed by atoms with E-state index >= 15 is 0 Å². The van der Waals surface area contributed by atoms with Gasteiger partial charge >= 0.3 is 0 Å². The average molecular weight is 285 g/mol. The Morgan fingerprint density at radius 2 is 1.90 bits per heavy atom. The maximum Gasteiger partial charge on any atom is 0.225 e. The van der Waals surface area contributed by atoms with Crippen LogP contribution in [0.15, 0.2) is 36.8 Å². The molecule has 0 radical (unpaired) electrons. The van der Waals surface area contributed by atoms with Gasteiger partial charge in [0.1, 0.15) is 0 Å². The molecule has 2 aromatic rings. The zero-order valence-electron chi connectivity index (χ0n) is 12.7. The fraction of sp³-hybridized carbons (Fsp3) is 0.438. The van der Waals surface area contributed by atoms with Crippen LogP contribution in [0.5, 0.6) is 0 Å². The maximum absolute atomic E-state index is 5.96. The van der Waals surface area contributed by atoms with Crippen molar-refractivity contribution in [1.82, 2.24) is 15.0 Å². The Kier molecular flexibility index (Phi) is 5.63. The van der Waals surface area contributed by atoms with Crippen molar-refractivity contribution in [2.45, 2.75) is 39.3 Å². The van der Waals surface area contributed by atoms with Gasteiger partial charge in [0.15, 0.2) is 0 Å². The van der Waals surface area contributed by atoms with E-state index in [4.69, 9.17) is 5.73 Å². The molecule has 0 aliphatic rings. The van der Waals surface area contributed by atoms with E-state index in [1.54, 1.807) is 6.20 Å². The summed E-state index contributed by atoms with van der Waals surface area (Å²) < 4.78 is 0. The fourth-order valence-electron chi connectivity index (χ4n) is 2.07. The molecule has 0 aliphatic heterocycles. The molecule has 0 spiro atoms. The minimum absolute atomic E-state index is 0.176. The molecule has 1 unspecified atom stereocenters. The first-order valence-corrected chi connectivity index (χ1v) is 7.44. The number of rotatable bonds is 7. The van der Waals surface area contributed by atoms with Crippen molar-refractivity contribution in [3.05, 3.63) is 48.0 Å². The highest BCUT2D eigenvalue weighted by Gasteiger charge is 2.09. The summed E-state index contributed by atoms with van der Waals surface area (Å²) in [4.78, 5) is 15.4. The molecule has 0 amide bonds. The highest BCUT2D eigenvalue weighted by molar-refractivity contribution is 5.31. The zero-order valence-corrected chi connectivity index (χ0v) is 12.7. The van der Waals surface area contributed by atoms with Crippen molar-refractivity contribution in [2.75, 3.05) is 11.4 Å². The Labute approximate surface area is 126 Å². The zero-order chi connectivity index (χ0) is 15.1. The van der Waals surface area contributed by atoms with Gasteiger partial charge in [0.25, 0.3) is 0 Å². The van der Waals surface area contributed by atoms with Crippen LogP contribution in [-0.4, -0.2) is 27.5 Å². The molecule has 0 aromatic carbocycles. The molecular weight excluding hydrogens is 262 g/mol. The second-order valence-electron chi connectivity index (χ2n) is 5.10. The number of hydrogen-bond donors (Lipinski definition) is 1. The van der Waals surface area contributed by atoms with Crippen molar-refractivity contribution in [3.63, 3.8) is 0 Å². The van der Waals surface area contributed by atoms with Gasteiger partial charge in [-0.1, -0.05) is 13.0 Å². The molecule has 0 fully saturated rings. The highest BCUT2D eigenvalue weighted by atomic mass is 15.2. The summed E-state index contributed by atoms with van der Waals surface area (Å²) in [6, 6.07) is 6.10. The largest absolute Gasteiger partial charge is 0.335 e. The van der Waals surface area contributed by atoms with Gasteiger partial charge in [0.05, 0.1) is 12.2 Å². The van der Waals surface area contributed by atoms with Gasteiger partial charge in [0.2, 0.25) is 5.95 Å². The lowest BCUT2D eigenvalue weighted by Gasteiger charge is -2.20. The number of hydrogen-bond acceptors (Lipinski definition) is 5. The first kappa shape index (κ1) is 15.4. The summed E-state index contributed by atoms with van der Waals surface area (Å²) >= 11 is 0. The molecule has 0 saturated carbocycles. The van der Waals surface area contributed by atoms with Gasteiger partial charge in [0, 0.05) is 31.2 Å². The van der Waals surface area contributed by atoms with Crippen LogP contribution >= 0.6 is 0 Å². The quantitative estimate of drug-likeness (QED) is 0.844. The van der Waals surface area contributed by atoms with Crippen molar-refractivity contribution in [3.8, 4) is 0 Å². The van der Waals surface area contributed by atoms with Gasteiger partial charge in [-0.05, 0) is 37.5 Å². The summed E-state index contributed by atoms with van der Waals surface area (Å²) in [6.45, 7) is 5.73. The number of anilines is 1. The molecule has 0 saturated heterocycles. The third-order valence-corrected chi connectivity index (χ3v) is 3.46. The summed E-state index contributed by atoms with van der Waals surface area (Å²) in [5, 5.41) is 0. The number of aromatic nitrogens is 3. The fourth-order valence-corrected chi connectivity index (χ4v) is 2.07. The second-order valence-corrected chi connectivity index (χ2v) is 5.10. The van der Waals surface area contributed by atoms with Gasteiger partial charge < -0.3 is 10.6 Å². The molecule has 2 N–H and O–H groups in total. The average Bonchev–Trinajstić information content (AvgIpc) is 2.54. The van der Waals surface area contributed by atoms with Crippen LogP contribution in [-0.2, 0) is 13.0 Å². The van der Waals surface area contributed by atoms with Crippen LogP contribution in [0.1, 0.15) is 31.5 Å². The summed E-state index contributed by atoms with van der Waals surface area (Å²) in [5.41, 5.74) is 8.06. The standard InChI is InChI=1S/C16H23N5/c1-3-14(17)9-13-10-19-16(20-11-13)21(4-2)12-15-7-5-6-8-18-15/h5-8,10-11,14H,3-4,9,12,17H2,1-2H3. The lowest BCUT2D eigenvalue weighted by atomic mass is 10.1. The molecule has 2 aromatic heterocycles. The molecule has 0 aliphatic carbocycles. The summed E-state index contributed by atoms with van der Waals surface area (Å²) in [7, 11) is 0. The van der Waals surface area contributed by atoms with Gasteiger partial charge in [-0.15, -0.1) is 0 Å². The molecule has 2 heterocycles. The molecule has 21 heavy (non-hydrogen) atoms. The molecule has 0 bridgehead atoms. The van der Waals surface area contributed by atoms with Crippen LogP contribution in [0.4, 0.5) is 5.95 Å². The molecule has 2 rings (SSSR count). The van der Waals surface area contributed by atoms with E-state index in [-0.39, 0.29) is 6.04 Å². The predicted molar refractivity (Wildman–Crippen MR) is 85.0 cm³/mol. The van der Waals surface area contributed by atoms with Crippen LogP contribution in [0.2, 0.25) is 0 Å². The van der Waals surface area contributed by atoms with E-state index in [1.807, 2.05) is 30.6 Å². The van der Waals surface area contributed by atoms with Crippen molar-refractivity contribution < 1.29 is 0 Å². The molecular formula is C16H23N5. The van der Waals surface area contributed by atoms with E-state index in [0.717, 1.165) is 36.6 Å². The second kappa shape index (κ2) is 7.69. The number of nitrogens with two attached hydrogens (primary N) is 1. The third-order valence-electron chi connectivity index (χ3n) is 3.46. The Morgan fingerprint density at radius 1 is 1.14 bits per heavy atom. The van der Waals surface area contributed by atoms with Crippen molar-refractivity contribution in [2.24, 2.45) is 5.73 Å². The van der Waals surface area contributed by atoms with Crippen LogP contribution in [0.3, 0.4) is 0 Å². The topological polar surface area (TPSA) is 67.9 Å². The predicted octanol–water partition coefficient (Wildman–Crippen LogP) is 2.18. The SMILES string of the molecule is CCC(N)Cc1cnc(N(CC)Cc2ccccn2)nc1. The van der Waals surface area contributed by atoms with Gasteiger partial charge in [-0.2, -0.15) is 0 Å². The third kappa shape index (κ3) is 4.49. The first-order valence-electron chi connectivity index (χ1n) is 7.44. The van der Waals surface area contributed by atoms with E-state index in [0.29, 0.717) is 6.54 Å². The number of pyridine rings is 1. The van der Waals surface area contributed by atoms with Gasteiger partial charge in [-0.25, -0.2) is 9.97 Å². The lowest BCUT2D eigenvalue weighted by molar-refractivity contribution is 0.642. The summed E-state index contributed by atoms with van der Waals surface area (Å²) in [6.07, 6.45) is 7.34. The van der Waals surface area contributed by atoms with Crippen molar-refractivity contribution in [1.29, 1.82) is 0 Å². The maximum atomic E-state index is 5.96. The smallest absolute Gasteiger partial charge is 0.225 e. The normalized spacial score (nSPS) is 12.1. The van der Waals surface area contributed by atoms with E-state index in [2.05, 4.69) is 33.7 Å². The minimum atomic E-state index is 0.176. The Balaban J connectivity index is 2.05. The Morgan fingerprint density at radius 3 is 2.48 bits per heavy atom. The van der Waals surface area contributed by atoms with Crippen LogP contribution < -0.4 is 10.6 Å². The summed E-state index contributed by atoms with van der Waals surface area (Å²) in [5.74, 6) is 0.733. The van der Waals surface area contributed by atoms with Gasteiger partial charge in [-0.3, -0.25) is 4.98 Å². The van der Waals surface area contributed by atoms with Crippen LogP contribution in [0, 0.1) is 0 Å². The Hall–Kier alpha value is -2.01. The highest BCUT2D eigenvalue weighted by Crippen LogP contribution is 2.11.